The lowest BCUT2D eigenvalue weighted by Gasteiger charge is -2.18. The number of rotatable bonds is 15. The molecular formula is C16H28N2O8. The third-order valence-electron chi connectivity index (χ3n) is 3.34. The van der Waals surface area contributed by atoms with E-state index in [-0.39, 0.29) is 13.2 Å². The van der Waals surface area contributed by atoms with Crippen LogP contribution in [0.4, 0.5) is 0 Å². The quantitative estimate of drug-likeness (QED) is 0.277. The Morgan fingerprint density at radius 2 is 1.46 bits per heavy atom. The number of amides is 2. The van der Waals surface area contributed by atoms with Gasteiger partial charge in [-0.05, 0) is 5.92 Å². The van der Waals surface area contributed by atoms with E-state index in [1.165, 1.54) is 0 Å². The molecule has 10 heteroatoms. The maximum absolute atomic E-state index is 11.8. The molecule has 0 aliphatic rings. The van der Waals surface area contributed by atoms with Crippen LogP contribution in [-0.2, 0) is 28.7 Å². The number of ether oxygens (including phenoxy) is 2. The lowest BCUT2D eigenvalue weighted by molar-refractivity contribution is -0.156. The van der Waals surface area contributed by atoms with Gasteiger partial charge >= 0.3 is 11.9 Å². The summed E-state index contributed by atoms with van der Waals surface area (Å²) >= 11 is 0. The van der Waals surface area contributed by atoms with Gasteiger partial charge in [-0.1, -0.05) is 13.8 Å². The van der Waals surface area contributed by atoms with E-state index >= 15 is 0 Å². The summed E-state index contributed by atoms with van der Waals surface area (Å²) in [6, 6.07) is 0. The fourth-order valence-electron chi connectivity index (χ4n) is 2.09. The number of primary amides is 1. The molecule has 0 rings (SSSR count). The highest BCUT2D eigenvalue weighted by atomic mass is 16.5. The van der Waals surface area contributed by atoms with Crippen LogP contribution in [0, 0.1) is 17.8 Å². The first-order chi connectivity index (χ1) is 12.1. The van der Waals surface area contributed by atoms with Crippen LogP contribution >= 0.6 is 0 Å². The summed E-state index contributed by atoms with van der Waals surface area (Å²) in [5.74, 6) is -7.25. The fourth-order valence-corrected chi connectivity index (χ4v) is 2.09. The van der Waals surface area contributed by atoms with Gasteiger partial charge in [-0.25, -0.2) is 0 Å². The van der Waals surface area contributed by atoms with E-state index in [1.807, 2.05) is 13.8 Å². The lowest BCUT2D eigenvalue weighted by atomic mass is 9.86. The molecule has 0 aliphatic heterocycles. The summed E-state index contributed by atoms with van der Waals surface area (Å²) in [4.78, 5) is 45.1. The van der Waals surface area contributed by atoms with Crippen LogP contribution in [0.1, 0.15) is 26.7 Å². The van der Waals surface area contributed by atoms with E-state index in [2.05, 4.69) is 5.32 Å². The van der Waals surface area contributed by atoms with Gasteiger partial charge in [-0.3, -0.25) is 19.2 Å². The van der Waals surface area contributed by atoms with Crippen molar-refractivity contribution in [3.63, 3.8) is 0 Å². The van der Waals surface area contributed by atoms with E-state index in [0.29, 0.717) is 25.7 Å². The molecule has 2 amide bonds. The number of carboxylic acids is 2. The molecular weight excluding hydrogens is 348 g/mol. The Labute approximate surface area is 152 Å². The predicted molar refractivity (Wildman–Crippen MR) is 90.2 cm³/mol. The fraction of sp³-hybridized carbons (Fsp3) is 0.750. The van der Waals surface area contributed by atoms with Crippen molar-refractivity contribution in [2.24, 2.45) is 23.5 Å². The standard InChI is InChI=1S/C16H28N2O8/c1-10(2)9-26-6-5-25-4-3-18-14(20)8-12(16(23)24)11(15(21)22)7-13(17)19/h10-12H,3-9H2,1-2H3,(H2,17,19)(H,18,20)(H,21,22)(H,23,24). The first-order valence-corrected chi connectivity index (χ1v) is 8.31. The van der Waals surface area contributed by atoms with Crippen LogP contribution in [-0.4, -0.2) is 66.9 Å². The van der Waals surface area contributed by atoms with E-state index in [1.54, 1.807) is 0 Å². The van der Waals surface area contributed by atoms with Crippen LogP contribution < -0.4 is 11.1 Å². The van der Waals surface area contributed by atoms with Crippen molar-refractivity contribution in [2.45, 2.75) is 26.7 Å². The summed E-state index contributed by atoms with van der Waals surface area (Å²) in [6.45, 7) is 5.83. The number of carboxylic acid groups (broad SMARTS) is 2. The van der Waals surface area contributed by atoms with Gasteiger partial charge in [0.05, 0.1) is 31.7 Å². The SMILES string of the molecule is CC(C)COCCOCCNC(=O)CC(C(=O)O)C(CC(N)=O)C(=O)O. The van der Waals surface area contributed by atoms with Gasteiger partial charge in [-0.15, -0.1) is 0 Å². The van der Waals surface area contributed by atoms with Crippen molar-refractivity contribution in [3.8, 4) is 0 Å². The highest BCUT2D eigenvalue weighted by Gasteiger charge is 2.36. The van der Waals surface area contributed by atoms with Crippen molar-refractivity contribution in [2.75, 3.05) is 33.0 Å². The van der Waals surface area contributed by atoms with E-state index in [0.717, 1.165) is 0 Å². The molecule has 0 fully saturated rings. The number of aliphatic carboxylic acids is 2. The number of nitrogens with one attached hydrogen (secondary N) is 1. The Bertz CT molecular complexity index is 481. The molecule has 0 heterocycles. The Hall–Kier alpha value is -2.20. The minimum atomic E-state index is -1.56. The average molecular weight is 376 g/mol. The Morgan fingerprint density at radius 1 is 0.923 bits per heavy atom. The summed E-state index contributed by atoms with van der Waals surface area (Å²) in [5.41, 5.74) is 4.94. The van der Waals surface area contributed by atoms with Crippen LogP contribution in [0.25, 0.3) is 0 Å². The Morgan fingerprint density at radius 3 is 1.96 bits per heavy atom. The predicted octanol–water partition coefficient (Wildman–Crippen LogP) is -0.541. The van der Waals surface area contributed by atoms with Crippen molar-refractivity contribution in [1.82, 2.24) is 5.32 Å². The molecule has 0 aromatic heterocycles. The van der Waals surface area contributed by atoms with Gasteiger partial charge in [0.15, 0.2) is 0 Å². The zero-order chi connectivity index (χ0) is 20.1. The van der Waals surface area contributed by atoms with E-state index < -0.39 is 48.4 Å². The Balaban J connectivity index is 4.21. The number of carbonyl (C=O) groups excluding carboxylic acids is 2. The third-order valence-corrected chi connectivity index (χ3v) is 3.34. The molecule has 0 bridgehead atoms. The molecule has 0 radical (unpaired) electrons. The monoisotopic (exact) mass is 376 g/mol. The van der Waals surface area contributed by atoms with Gasteiger partial charge < -0.3 is 30.7 Å². The van der Waals surface area contributed by atoms with Crippen LogP contribution in [0.15, 0.2) is 0 Å². The first-order valence-electron chi connectivity index (χ1n) is 8.31. The molecule has 0 aromatic rings. The molecule has 2 atom stereocenters. The second-order valence-corrected chi connectivity index (χ2v) is 6.20. The molecule has 5 N–H and O–H groups in total. The van der Waals surface area contributed by atoms with E-state index in [9.17, 15) is 19.2 Å². The number of hydrogen-bond acceptors (Lipinski definition) is 6. The normalized spacial score (nSPS) is 13.2. The maximum Gasteiger partial charge on any atom is 0.307 e. The summed E-state index contributed by atoms with van der Waals surface area (Å²) in [7, 11) is 0. The molecule has 2 unspecified atom stereocenters. The zero-order valence-corrected chi connectivity index (χ0v) is 15.1. The second kappa shape index (κ2) is 13.1. The number of hydrogen-bond donors (Lipinski definition) is 4. The van der Waals surface area contributed by atoms with Crippen molar-refractivity contribution in [1.29, 1.82) is 0 Å². The van der Waals surface area contributed by atoms with E-state index in [4.69, 9.17) is 25.4 Å². The van der Waals surface area contributed by atoms with Crippen molar-refractivity contribution in [3.05, 3.63) is 0 Å². The number of carbonyl (C=O) groups is 4. The molecule has 0 spiro atoms. The number of nitrogens with two attached hydrogens (primary N) is 1. The zero-order valence-electron chi connectivity index (χ0n) is 15.1. The summed E-state index contributed by atoms with van der Waals surface area (Å²) < 4.78 is 10.6. The second-order valence-electron chi connectivity index (χ2n) is 6.20. The van der Waals surface area contributed by atoms with Crippen molar-refractivity contribution >= 4 is 23.8 Å². The third kappa shape index (κ3) is 11.4. The minimum absolute atomic E-state index is 0.142. The Kier molecular flexibility index (Phi) is 12.0. The molecule has 0 aromatic carbocycles. The molecule has 10 nitrogen and oxygen atoms in total. The van der Waals surface area contributed by atoms with Gasteiger partial charge in [0.2, 0.25) is 11.8 Å². The summed E-state index contributed by atoms with van der Waals surface area (Å²) in [5, 5.41) is 20.7. The molecule has 150 valence electrons. The van der Waals surface area contributed by atoms with Gasteiger partial charge in [0.1, 0.15) is 0 Å². The largest absolute Gasteiger partial charge is 0.481 e. The molecule has 0 saturated carbocycles. The van der Waals surface area contributed by atoms with Gasteiger partial charge in [0.25, 0.3) is 0 Å². The average Bonchev–Trinajstić information content (AvgIpc) is 2.52. The molecule has 26 heavy (non-hydrogen) atoms. The van der Waals surface area contributed by atoms with Crippen molar-refractivity contribution < 1.29 is 38.9 Å². The smallest absolute Gasteiger partial charge is 0.307 e. The molecule has 0 saturated heterocycles. The van der Waals surface area contributed by atoms with Gasteiger partial charge in [0, 0.05) is 26.0 Å². The topological polar surface area (TPSA) is 165 Å². The lowest BCUT2D eigenvalue weighted by Crippen LogP contribution is -2.38. The van der Waals surface area contributed by atoms with Crippen LogP contribution in [0.2, 0.25) is 0 Å². The van der Waals surface area contributed by atoms with Gasteiger partial charge in [-0.2, -0.15) is 0 Å². The highest BCUT2D eigenvalue weighted by Crippen LogP contribution is 2.20. The minimum Gasteiger partial charge on any atom is -0.481 e. The summed E-state index contributed by atoms with van der Waals surface area (Å²) in [6.07, 6.45) is -1.23. The first kappa shape index (κ1) is 23.8. The molecule has 0 aliphatic carbocycles. The van der Waals surface area contributed by atoms with Crippen LogP contribution in [0.5, 0.6) is 0 Å². The highest BCUT2D eigenvalue weighted by molar-refractivity contribution is 5.88. The maximum atomic E-state index is 11.8. The van der Waals surface area contributed by atoms with Crippen LogP contribution in [0.3, 0.4) is 0 Å².